The second kappa shape index (κ2) is 5.57. The standard InChI is InChI=1S/C8H15N3O/c12-7-2-1-4-9-8-10-5-3-6-11-8/h7H,1-6H2,(H2,9,10,11). The van der Waals surface area contributed by atoms with Gasteiger partial charge in [-0.25, -0.2) is 0 Å². The minimum absolute atomic E-state index is 0.625. The topological polar surface area (TPSA) is 53.5 Å². The molecule has 0 atom stereocenters. The molecule has 0 fully saturated rings. The van der Waals surface area contributed by atoms with Gasteiger partial charge in [0.25, 0.3) is 0 Å². The van der Waals surface area contributed by atoms with Crippen LogP contribution in [0.1, 0.15) is 19.3 Å². The minimum Gasteiger partial charge on any atom is -0.356 e. The zero-order chi connectivity index (χ0) is 8.65. The van der Waals surface area contributed by atoms with Crippen molar-refractivity contribution in [2.45, 2.75) is 19.3 Å². The van der Waals surface area contributed by atoms with Gasteiger partial charge >= 0.3 is 0 Å². The Balaban J connectivity index is 2.05. The number of hydrogen-bond acceptors (Lipinski definition) is 4. The molecule has 0 bridgehead atoms. The van der Waals surface area contributed by atoms with E-state index >= 15 is 0 Å². The van der Waals surface area contributed by atoms with E-state index in [9.17, 15) is 4.79 Å². The van der Waals surface area contributed by atoms with Crippen molar-refractivity contribution in [3.63, 3.8) is 0 Å². The molecule has 1 rings (SSSR count). The summed E-state index contributed by atoms with van der Waals surface area (Å²) < 4.78 is 0. The van der Waals surface area contributed by atoms with Gasteiger partial charge in [0.2, 0.25) is 0 Å². The fraction of sp³-hybridized carbons (Fsp3) is 0.750. The average molecular weight is 169 g/mol. The van der Waals surface area contributed by atoms with Gasteiger partial charge in [-0.05, 0) is 12.8 Å². The smallest absolute Gasteiger partial charge is 0.191 e. The second-order valence-electron chi connectivity index (χ2n) is 2.75. The van der Waals surface area contributed by atoms with Crippen LogP contribution in [0, 0.1) is 0 Å². The number of nitrogens with zero attached hydrogens (tertiary/aromatic N) is 1. The SMILES string of the molecule is O=CCCCNC1=NCCCN1. The van der Waals surface area contributed by atoms with Crippen LogP contribution in [0.15, 0.2) is 4.99 Å². The third kappa shape index (κ3) is 3.37. The molecular formula is C8H15N3O. The van der Waals surface area contributed by atoms with E-state index in [1.807, 2.05) is 0 Å². The van der Waals surface area contributed by atoms with Crippen LogP contribution in [0.5, 0.6) is 0 Å². The first-order valence-electron chi connectivity index (χ1n) is 4.39. The molecule has 2 N–H and O–H groups in total. The zero-order valence-electron chi connectivity index (χ0n) is 7.18. The molecule has 1 heterocycles. The van der Waals surface area contributed by atoms with Crippen molar-refractivity contribution in [1.29, 1.82) is 0 Å². The fourth-order valence-corrected chi connectivity index (χ4v) is 1.04. The van der Waals surface area contributed by atoms with Crippen LogP contribution < -0.4 is 10.6 Å². The van der Waals surface area contributed by atoms with Crippen LogP contribution in [0.4, 0.5) is 0 Å². The van der Waals surface area contributed by atoms with Gasteiger partial charge in [-0.3, -0.25) is 4.99 Å². The monoisotopic (exact) mass is 169 g/mol. The number of aldehydes is 1. The molecule has 0 aliphatic carbocycles. The molecule has 0 unspecified atom stereocenters. The number of carbonyl (C=O) groups excluding carboxylic acids is 1. The molecule has 0 amide bonds. The van der Waals surface area contributed by atoms with Crippen LogP contribution >= 0.6 is 0 Å². The highest BCUT2D eigenvalue weighted by Crippen LogP contribution is 1.87. The van der Waals surface area contributed by atoms with E-state index in [-0.39, 0.29) is 0 Å². The number of aliphatic imine (C=N–C) groups is 1. The van der Waals surface area contributed by atoms with E-state index in [0.717, 1.165) is 44.7 Å². The average Bonchev–Trinajstić information content (AvgIpc) is 2.14. The fourth-order valence-electron chi connectivity index (χ4n) is 1.04. The first kappa shape index (κ1) is 9.03. The number of guanidine groups is 1. The Morgan fingerprint density at radius 2 is 2.58 bits per heavy atom. The number of nitrogens with one attached hydrogen (secondary N) is 2. The van der Waals surface area contributed by atoms with Crippen LogP contribution in [0.2, 0.25) is 0 Å². The maximum atomic E-state index is 9.98. The Labute approximate surface area is 72.4 Å². The minimum atomic E-state index is 0.625. The molecule has 0 saturated heterocycles. The number of hydrogen-bond donors (Lipinski definition) is 2. The molecule has 0 aromatic carbocycles. The van der Waals surface area contributed by atoms with Crippen LogP contribution in [0.25, 0.3) is 0 Å². The lowest BCUT2D eigenvalue weighted by atomic mass is 10.3. The maximum absolute atomic E-state index is 9.98. The van der Waals surface area contributed by atoms with Crippen LogP contribution in [-0.2, 0) is 4.79 Å². The predicted octanol–water partition coefficient (Wildman–Crippen LogP) is -0.0956. The lowest BCUT2D eigenvalue weighted by molar-refractivity contribution is -0.107. The third-order valence-electron chi connectivity index (χ3n) is 1.69. The Morgan fingerprint density at radius 3 is 3.25 bits per heavy atom. The molecule has 0 radical (unpaired) electrons. The van der Waals surface area contributed by atoms with Crippen molar-refractivity contribution < 1.29 is 4.79 Å². The van der Waals surface area contributed by atoms with Crippen molar-refractivity contribution in [2.75, 3.05) is 19.6 Å². The van der Waals surface area contributed by atoms with Gasteiger partial charge in [-0.15, -0.1) is 0 Å². The molecule has 0 aromatic heterocycles. The molecule has 1 aliphatic heterocycles. The highest BCUT2D eigenvalue weighted by atomic mass is 16.1. The van der Waals surface area contributed by atoms with Gasteiger partial charge in [-0.1, -0.05) is 0 Å². The maximum Gasteiger partial charge on any atom is 0.191 e. The highest BCUT2D eigenvalue weighted by molar-refractivity contribution is 5.80. The lowest BCUT2D eigenvalue weighted by Gasteiger charge is -2.15. The summed E-state index contributed by atoms with van der Waals surface area (Å²) in [4.78, 5) is 14.2. The van der Waals surface area contributed by atoms with E-state index < -0.39 is 0 Å². The van der Waals surface area contributed by atoms with Gasteiger partial charge in [0.15, 0.2) is 5.96 Å². The first-order valence-corrected chi connectivity index (χ1v) is 4.39. The van der Waals surface area contributed by atoms with Crippen molar-refractivity contribution in [2.24, 2.45) is 4.99 Å². The molecule has 0 aromatic rings. The van der Waals surface area contributed by atoms with Crippen LogP contribution in [-0.4, -0.2) is 31.9 Å². The number of unbranched alkanes of at least 4 members (excludes halogenated alkanes) is 1. The van der Waals surface area contributed by atoms with Gasteiger partial charge in [-0.2, -0.15) is 0 Å². The largest absolute Gasteiger partial charge is 0.356 e. The molecule has 1 aliphatic rings. The Bertz CT molecular complexity index is 168. The molecular weight excluding hydrogens is 154 g/mol. The lowest BCUT2D eigenvalue weighted by Crippen LogP contribution is -2.41. The Morgan fingerprint density at radius 1 is 1.67 bits per heavy atom. The van der Waals surface area contributed by atoms with Crippen molar-refractivity contribution in [1.82, 2.24) is 10.6 Å². The van der Waals surface area contributed by atoms with Crippen molar-refractivity contribution in [3.05, 3.63) is 0 Å². The summed E-state index contributed by atoms with van der Waals surface area (Å²) in [7, 11) is 0. The Kier molecular flexibility index (Phi) is 4.19. The third-order valence-corrected chi connectivity index (χ3v) is 1.69. The molecule has 4 heteroatoms. The zero-order valence-corrected chi connectivity index (χ0v) is 7.18. The van der Waals surface area contributed by atoms with Gasteiger partial charge in [0.05, 0.1) is 0 Å². The number of carbonyl (C=O) groups is 1. The van der Waals surface area contributed by atoms with Gasteiger partial charge < -0.3 is 15.4 Å². The van der Waals surface area contributed by atoms with Crippen molar-refractivity contribution >= 4 is 12.2 Å². The van der Waals surface area contributed by atoms with E-state index in [1.54, 1.807) is 0 Å². The summed E-state index contributed by atoms with van der Waals surface area (Å²) in [6, 6.07) is 0. The molecule has 0 saturated carbocycles. The quantitative estimate of drug-likeness (QED) is 0.456. The first-order chi connectivity index (χ1) is 5.93. The van der Waals surface area contributed by atoms with E-state index in [0.29, 0.717) is 6.42 Å². The van der Waals surface area contributed by atoms with E-state index in [1.165, 1.54) is 0 Å². The summed E-state index contributed by atoms with van der Waals surface area (Å²) in [6.45, 7) is 2.73. The molecule has 68 valence electrons. The van der Waals surface area contributed by atoms with E-state index in [4.69, 9.17) is 0 Å². The Hall–Kier alpha value is -1.06. The molecule has 12 heavy (non-hydrogen) atoms. The van der Waals surface area contributed by atoms with Crippen LogP contribution in [0.3, 0.4) is 0 Å². The number of rotatable bonds is 4. The van der Waals surface area contributed by atoms with E-state index in [2.05, 4.69) is 15.6 Å². The highest BCUT2D eigenvalue weighted by Gasteiger charge is 2.01. The summed E-state index contributed by atoms with van der Waals surface area (Å²) in [5.74, 6) is 0.882. The van der Waals surface area contributed by atoms with Gasteiger partial charge in [0, 0.05) is 26.1 Å². The van der Waals surface area contributed by atoms with Crippen molar-refractivity contribution in [3.8, 4) is 0 Å². The summed E-state index contributed by atoms with van der Waals surface area (Å²) in [5.41, 5.74) is 0. The second-order valence-corrected chi connectivity index (χ2v) is 2.75. The van der Waals surface area contributed by atoms with Gasteiger partial charge in [0.1, 0.15) is 6.29 Å². The summed E-state index contributed by atoms with van der Waals surface area (Å²) >= 11 is 0. The summed E-state index contributed by atoms with van der Waals surface area (Å²) in [6.07, 6.45) is 3.56. The molecule has 0 spiro atoms. The molecule has 4 nitrogen and oxygen atoms in total. The summed E-state index contributed by atoms with van der Waals surface area (Å²) in [5, 5.41) is 6.28. The predicted molar refractivity (Wildman–Crippen MR) is 48.2 cm³/mol. The normalized spacial score (nSPS) is 16.2.